The molecule has 1 amide bonds. The fraction of sp³-hybridized carbons (Fsp3) is 0.476. The number of alkyl halides is 1. The lowest BCUT2D eigenvalue weighted by Gasteiger charge is -2.10. The van der Waals surface area contributed by atoms with Crippen molar-refractivity contribution in [3.8, 4) is 6.07 Å². The van der Waals surface area contributed by atoms with E-state index in [1.807, 2.05) is 0 Å². The highest BCUT2D eigenvalue weighted by molar-refractivity contribution is 5.64. The summed E-state index contributed by atoms with van der Waals surface area (Å²) in [4.78, 5) is 18.4. The van der Waals surface area contributed by atoms with Crippen molar-refractivity contribution < 1.29 is 24.1 Å². The molecule has 13 heteroatoms. The highest BCUT2D eigenvalue weighted by Crippen LogP contribution is 2.20. The number of hydrogen-bond donors (Lipinski definition) is 5. The van der Waals surface area contributed by atoms with Gasteiger partial charge in [0.15, 0.2) is 5.65 Å². The maximum atomic E-state index is 11.8. The minimum atomic E-state index is -0.963. The number of aryl methyl sites for hydroxylation is 1. The molecular weight excluding hydrogens is 447 g/mol. The van der Waals surface area contributed by atoms with Crippen LogP contribution in [0.5, 0.6) is 0 Å². The molecule has 4 heterocycles. The van der Waals surface area contributed by atoms with E-state index in [-0.39, 0.29) is 12.6 Å². The number of aliphatic hydroxyl groups excluding tert-OH is 1. The van der Waals surface area contributed by atoms with Gasteiger partial charge >= 0.3 is 6.09 Å². The van der Waals surface area contributed by atoms with Gasteiger partial charge < -0.3 is 25.6 Å². The number of nitrogens with one attached hydrogen (secondary N) is 3. The number of carbonyl (C=O) groups is 1. The molecule has 1 saturated heterocycles. The third kappa shape index (κ3) is 8.30. The van der Waals surface area contributed by atoms with Gasteiger partial charge in [0.25, 0.3) is 0 Å². The van der Waals surface area contributed by atoms with E-state index >= 15 is 0 Å². The Bertz CT molecular complexity index is 1060. The zero-order valence-electron chi connectivity index (χ0n) is 19.0. The van der Waals surface area contributed by atoms with Crippen LogP contribution in [0.15, 0.2) is 24.7 Å². The normalized spacial score (nSPS) is 14.5. The smallest absolute Gasteiger partial charge is 0.404 e. The number of aromatic nitrogens is 5. The van der Waals surface area contributed by atoms with Gasteiger partial charge in [0, 0.05) is 44.1 Å². The highest BCUT2D eigenvalue weighted by Gasteiger charge is 2.15. The molecule has 3 aromatic rings. The topological polar surface area (TPSA) is 173 Å². The van der Waals surface area contributed by atoms with Crippen LogP contribution in [0.25, 0.3) is 5.65 Å². The Hall–Kier alpha value is -3.76. The summed E-state index contributed by atoms with van der Waals surface area (Å²) in [6, 6.07) is 3.94. The Kier molecular flexibility index (Phi) is 10.7. The maximum absolute atomic E-state index is 11.8. The van der Waals surface area contributed by atoms with Crippen molar-refractivity contribution in [1.82, 2.24) is 29.9 Å². The molecule has 34 heavy (non-hydrogen) atoms. The van der Waals surface area contributed by atoms with Crippen LogP contribution in [0.4, 0.5) is 21.0 Å². The third-order valence-electron chi connectivity index (χ3n) is 4.34. The van der Waals surface area contributed by atoms with Crippen LogP contribution in [0, 0.1) is 11.3 Å². The van der Waals surface area contributed by atoms with Gasteiger partial charge in [0.1, 0.15) is 23.6 Å². The molecule has 4 rings (SSSR count). The molecule has 0 aliphatic carbocycles. The van der Waals surface area contributed by atoms with Gasteiger partial charge in [0.05, 0.1) is 18.5 Å². The summed E-state index contributed by atoms with van der Waals surface area (Å²) in [7, 11) is 0. The summed E-state index contributed by atoms with van der Waals surface area (Å²) in [5.41, 5.74) is 1.60. The van der Waals surface area contributed by atoms with Crippen LogP contribution in [0.1, 0.15) is 37.9 Å². The number of halogens is 1. The van der Waals surface area contributed by atoms with Crippen molar-refractivity contribution in [2.75, 3.05) is 25.1 Å². The van der Waals surface area contributed by atoms with E-state index in [1.165, 1.54) is 0 Å². The lowest BCUT2D eigenvalue weighted by molar-refractivity contribution is 0.173. The summed E-state index contributed by atoms with van der Waals surface area (Å²) in [6.45, 7) is 4.53. The molecular formula is C21H29FN8O4. The van der Waals surface area contributed by atoms with Gasteiger partial charge in [-0.2, -0.15) is 10.4 Å². The predicted octanol–water partition coefficient (Wildman–Crippen LogP) is 2.40. The molecule has 12 nitrogen and oxygen atoms in total. The summed E-state index contributed by atoms with van der Waals surface area (Å²) in [5, 5.41) is 38.3. The maximum Gasteiger partial charge on any atom is 0.404 e. The van der Waals surface area contributed by atoms with Gasteiger partial charge in [-0.1, -0.05) is 0 Å². The standard InChI is InChI=1S/C13H13N7O.C4H7FO.C4H9NO2/c14-8-9-10(2-1-7-21)17-13(18-11-3-4-16-19-11)20-6-5-15-12(9)20;5-4-1-2-6-3-4;1-3(2)5-4(6)7/h3-6,21H,1-2,7H2,(H2,16,17,18,19);4H,1-3H2;3,5H,1-2H3,(H,6,7). The van der Waals surface area contributed by atoms with Crippen LogP contribution in [0.3, 0.4) is 0 Å². The van der Waals surface area contributed by atoms with Crippen molar-refractivity contribution in [3.05, 3.63) is 35.9 Å². The largest absolute Gasteiger partial charge is 0.465 e. The Morgan fingerprint density at radius 1 is 1.47 bits per heavy atom. The van der Waals surface area contributed by atoms with Crippen molar-refractivity contribution in [3.63, 3.8) is 0 Å². The fourth-order valence-corrected chi connectivity index (χ4v) is 2.85. The number of carboxylic acid groups (broad SMARTS) is 1. The molecule has 0 saturated carbocycles. The second-order valence-electron chi connectivity index (χ2n) is 7.48. The van der Waals surface area contributed by atoms with E-state index in [1.54, 1.807) is 42.9 Å². The quantitative estimate of drug-likeness (QED) is 0.358. The summed E-state index contributed by atoms with van der Waals surface area (Å²) in [5.74, 6) is 1.23. The number of nitrogens with zero attached hydrogens (tertiary/aromatic N) is 5. The first-order valence-corrected chi connectivity index (χ1v) is 10.7. The lowest BCUT2D eigenvalue weighted by Crippen LogP contribution is -2.27. The number of H-pyrrole nitrogens is 1. The summed E-state index contributed by atoms with van der Waals surface area (Å²) >= 11 is 0. The molecule has 0 radical (unpaired) electrons. The Morgan fingerprint density at radius 3 is 2.74 bits per heavy atom. The second kappa shape index (κ2) is 13.7. The van der Waals surface area contributed by atoms with E-state index in [9.17, 15) is 14.4 Å². The van der Waals surface area contributed by atoms with Gasteiger partial charge in [-0.25, -0.2) is 19.2 Å². The number of fused-ring (bicyclic) bond motifs is 1. The summed E-state index contributed by atoms with van der Waals surface area (Å²) in [6.07, 6.45) is 5.00. The first-order valence-electron chi connectivity index (χ1n) is 10.7. The SMILES string of the molecule is CC(C)NC(=O)O.FC1CCOC1.N#Cc1c(CCCO)nc(Nc2ccn[nH]2)n2ccnc12. The van der Waals surface area contributed by atoms with Gasteiger partial charge in [-0.15, -0.1) is 0 Å². The van der Waals surface area contributed by atoms with Crippen LogP contribution in [0.2, 0.25) is 0 Å². The molecule has 0 spiro atoms. The number of rotatable bonds is 6. The van der Waals surface area contributed by atoms with Crippen LogP contribution in [-0.4, -0.2) is 72.9 Å². The van der Waals surface area contributed by atoms with E-state index < -0.39 is 12.3 Å². The first-order chi connectivity index (χ1) is 16.3. The zero-order valence-corrected chi connectivity index (χ0v) is 19.0. The average Bonchev–Trinajstić information content (AvgIpc) is 3.55. The van der Waals surface area contributed by atoms with E-state index in [4.69, 9.17) is 10.2 Å². The molecule has 0 bridgehead atoms. The van der Waals surface area contributed by atoms with Gasteiger partial charge in [-0.05, 0) is 26.7 Å². The highest BCUT2D eigenvalue weighted by atomic mass is 19.1. The number of nitriles is 1. The molecule has 0 aromatic carbocycles. The van der Waals surface area contributed by atoms with E-state index in [2.05, 4.69) is 41.6 Å². The second-order valence-corrected chi connectivity index (χ2v) is 7.48. The number of amides is 1. The van der Waals surface area contributed by atoms with E-state index in [0.717, 1.165) is 0 Å². The van der Waals surface area contributed by atoms with Crippen LogP contribution in [-0.2, 0) is 11.2 Å². The summed E-state index contributed by atoms with van der Waals surface area (Å²) < 4.78 is 18.2. The first kappa shape index (κ1) is 26.5. The fourth-order valence-electron chi connectivity index (χ4n) is 2.85. The number of hydrogen-bond acceptors (Lipinski definition) is 8. The Labute approximate surface area is 195 Å². The Balaban J connectivity index is 0.000000257. The van der Waals surface area contributed by atoms with Gasteiger partial charge in [-0.3, -0.25) is 9.50 Å². The molecule has 3 aromatic heterocycles. The molecule has 1 unspecified atom stereocenters. The van der Waals surface area contributed by atoms with Crippen molar-refractivity contribution in [2.24, 2.45) is 0 Å². The average molecular weight is 477 g/mol. The molecule has 1 atom stereocenters. The minimum absolute atomic E-state index is 0.0255. The molecule has 1 aliphatic heterocycles. The predicted molar refractivity (Wildman–Crippen MR) is 122 cm³/mol. The zero-order chi connectivity index (χ0) is 24.9. The van der Waals surface area contributed by atoms with E-state index in [0.29, 0.717) is 61.1 Å². The van der Waals surface area contributed by atoms with Gasteiger partial charge in [0.2, 0.25) is 5.95 Å². The van der Waals surface area contributed by atoms with Crippen molar-refractivity contribution in [2.45, 2.75) is 45.3 Å². The monoisotopic (exact) mass is 476 g/mol. The molecule has 5 N–H and O–H groups in total. The number of aliphatic hydroxyl groups is 1. The Morgan fingerprint density at radius 2 is 2.26 bits per heavy atom. The van der Waals surface area contributed by atoms with Crippen molar-refractivity contribution in [1.29, 1.82) is 5.26 Å². The molecule has 1 aliphatic rings. The molecule has 1 fully saturated rings. The minimum Gasteiger partial charge on any atom is -0.465 e. The number of ether oxygens (including phenoxy) is 1. The van der Waals surface area contributed by atoms with Crippen LogP contribution < -0.4 is 10.6 Å². The lowest BCUT2D eigenvalue weighted by atomic mass is 10.1. The number of imidazole rings is 1. The van der Waals surface area contributed by atoms with Crippen molar-refractivity contribution >= 4 is 23.5 Å². The van der Waals surface area contributed by atoms with Crippen LogP contribution >= 0.6 is 0 Å². The third-order valence-corrected chi connectivity index (χ3v) is 4.34. The molecule has 184 valence electrons. The number of aromatic amines is 1. The number of anilines is 2.